The second-order valence-electron chi connectivity index (χ2n) is 4.19. The molecule has 96 valence electrons. The van der Waals surface area contributed by atoms with Gasteiger partial charge in [0.2, 0.25) is 0 Å². The largest absolute Gasteiger partial charge is 0.488 e. The van der Waals surface area contributed by atoms with Crippen molar-refractivity contribution >= 4 is 23.2 Å². The molecule has 3 nitrogen and oxygen atoms in total. The molecule has 0 aliphatic carbocycles. The lowest BCUT2D eigenvalue weighted by molar-refractivity contribution is 0.242. The number of rotatable bonds is 4. The van der Waals surface area contributed by atoms with Crippen molar-refractivity contribution in [2.24, 2.45) is 0 Å². The number of hydrogen-bond donors (Lipinski definition) is 0. The van der Waals surface area contributed by atoms with E-state index >= 15 is 0 Å². The number of hydrogen-bond acceptors (Lipinski definition) is 2. The van der Waals surface area contributed by atoms with Gasteiger partial charge in [0.15, 0.2) is 5.75 Å². The number of aromatic nitrogens is 2. The molecule has 0 fully saturated rings. The Labute approximate surface area is 116 Å². The molecule has 0 bridgehead atoms. The molecule has 0 spiro atoms. The molecule has 0 unspecified atom stereocenters. The predicted molar refractivity (Wildman–Crippen MR) is 73.9 cm³/mol. The van der Waals surface area contributed by atoms with Crippen LogP contribution in [0.5, 0.6) is 5.75 Å². The van der Waals surface area contributed by atoms with E-state index in [1.54, 1.807) is 10.9 Å². The first-order valence-electron chi connectivity index (χ1n) is 5.66. The van der Waals surface area contributed by atoms with E-state index < -0.39 is 0 Å². The monoisotopic (exact) mass is 284 g/mol. The fourth-order valence-electron chi connectivity index (χ4n) is 1.66. The first-order chi connectivity index (χ1) is 8.60. The first-order valence-corrected chi connectivity index (χ1v) is 6.57. The van der Waals surface area contributed by atoms with Crippen LogP contribution in [0.4, 0.5) is 0 Å². The molecule has 0 N–H and O–H groups in total. The van der Waals surface area contributed by atoms with Crippen LogP contribution in [0.15, 0.2) is 30.6 Å². The van der Waals surface area contributed by atoms with Crippen molar-refractivity contribution in [2.75, 3.05) is 0 Å². The minimum Gasteiger partial charge on any atom is -0.488 e. The fraction of sp³-hybridized carbons (Fsp3) is 0.308. The summed E-state index contributed by atoms with van der Waals surface area (Å²) in [6, 6.07) is 5.55. The first kappa shape index (κ1) is 13.2. The summed E-state index contributed by atoms with van der Waals surface area (Å²) in [7, 11) is 0. The quantitative estimate of drug-likeness (QED) is 0.792. The van der Waals surface area contributed by atoms with Gasteiger partial charge in [0, 0.05) is 10.9 Å². The zero-order chi connectivity index (χ0) is 13.1. The molecule has 0 amide bonds. The second-order valence-corrected chi connectivity index (χ2v) is 4.90. The van der Waals surface area contributed by atoms with E-state index in [4.69, 9.17) is 27.9 Å². The Kier molecular flexibility index (Phi) is 4.15. The number of ether oxygens (including phenoxy) is 1. The van der Waals surface area contributed by atoms with Crippen molar-refractivity contribution in [3.63, 3.8) is 0 Å². The molecule has 0 atom stereocenters. The highest BCUT2D eigenvalue weighted by Crippen LogP contribution is 2.23. The SMILES string of the molecule is CC(C)Oc1cnn(-c2ccc(Cl)cc2CCl)c1. The minimum absolute atomic E-state index is 0.125. The van der Waals surface area contributed by atoms with Crippen LogP contribution >= 0.6 is 23.2 Å². The Morgan fingerprint density at radius 1 is 1.39 bits per heavy atom. The van der Waals surface area contributed by atoms with E-state index in [0.29, 0.717) is 10.9 Å². The molecule has 0 aliphatic rings. The zero-order valence-corrected chi connectivity index (χ0v) is 11.7. The van der Waals surface area contributed by atoms with Gasteiger partial charge in [-0.1, -0.05) is 11.6 Å². The summed E-state index contributed by atoms with van der Waals surface area (Å²) in [5.41, 5.74) is 1.84. The average molecular weight is 285 g/mol. The van der Waals surface area contributed by atoms with Gasteiger partial charge in [0.25, 0.3) is 0 Å². The van der Waals surface area contributed by atoms with E-state index in [0.717, 1.165) is 17.0 Å². The van der Waals surface area contributed by atoms with E-state index in [-0.39, 0.29) is 6.10 Å². The molecule has 18 heavy (non-hydrogen) atoms. The van der Waals surface area contributed by atoms with E-state index in [2.05, 4.69) is 5.10 Å². The van der Waals surface area contributed by atoms with Crippen molar-refractivity contribution in [1.29, 1.82) is 0 Å². The number of benzene rings is 1. The summed E-state index contributed by atoms with van der Waals surface area (Å²) in [6.45, 7) is 3.95. The number of halogens is 2. The van der Waals surface area contributed by atoms with Crippen molar-refractivity contribution in [3.8, 4) is 11.4 Å². The van der Waals surface area contributed by atoms with Gasteiger partial charge in [0.05, 0.1) is 24.2 Å². The Morgan fingerprint density at radius 2 is 2.17 bits per heavy atom. The van der Waals surface area contributed by atoms with E-state index in [9.17, 15) is 0 Å². The molecule has 0 saturated heterocycles. The van der Waals surface area contributed by atoms with E-state index in [1.807, 2.05) is 38.2 Å². The Hall–Kier alpha value is -1.19. The Morgan fingerprint density at radius 3 is 2.83 bits per heavy atom. The highest BCUT2D eigenvalue weighted by molar-refractivity contribution is 6.30. The van der Waals surface area contributed by atoms with Gasteiger partial charge >= 0.3 is 0 Å². The lowest BCUT2D eigenvalue weighted by Crippen LogP contribution is -2.04. The summed E-state index contributed by atoms with van der Waals surface area (Å²) in [6.07, 6.45) is 3.65. The van der Waals surface area contributed by atoms with Gasteiger partial charge in [-0.3, -0.25) is 0 Å². The van der Waals surface area contributed by atoms with Gasteiger partial charge in [-0.05, 0) is 37.6 Å². The third-order valence-electron chi connectivity index (χ3n) is 2.36. The van der Waals surface area contributed by atoms with Crippen LogP contribution in [-0.2, 0) is 5.88 Å². The molecule has 2 rings (SSSR count). The lowest BCUT2D eigenvalue weighted by atomic mass is 10.2. The summed E-state index contributed by atoms with van der Waals surface area (Å²) < 4.78 is 7.31. The Balaban J connectivity index is 2.33. The Bertz CT molecular complexity index is 538. The zero-order valence-electron chi connectivity index (χ0n) is 10.2. The van der Waals surface area contributed by atoms with Crippen molar-refractivity contribution in [2.45, 2.75) is 25.8 Å². The second kappa shape index (κ2) is 5.63. The molecular formula is C13H14Cl2N2O. The maximum absolute atomic E-state index is 5.94. The summed E-state index contributed by atoms with van der Waals surface area (Å²) in [4.78, 5) is 0. The summed E-state index contributed by atoms with van der Waals surface area (Å²) in [5, 5.41) is 4.93. The molecular weight excluding hydrogens is 271 g/mol. The van der Waals surface area contributed by atoms with Crippen molar-refractivity contribution in [3.05, 3.63) is 41.2 Å². The van der Waals surface area contributed by atoms with Gasteiger partial charge < -0.3 is 4.74 Å². The highest BCUT2D eigenvalue weighted by Gasteiger charge is 2.08. The van der Waals surface area contributed by atoms with Gasteiger partial charge in [0.1, 0.15) is 0 Å². The number of alkyl halides is 1. The van der Waals surface area contributed by atoms with Crippen LogP contribution in [0.2, 0.25) is 5.02 Å². The fourth-order valence-corrected chi connectivity index (χ4v) is 2.06. The highest BCUT2D eigenvalue weighted by atomic mass is 35.5. The van der Waals surface area contributed by atoms with Gasteiger partial charge in [-0.25, -0.2) is 4.68 Å². The molecule has 0 aliphatic heterocycles. The standard InChI is InChI=1S/C13H14Cl2N2O/c1-9(2)18-12-7-16-17(8-12)13-4-3-11(15)5-10(13)6-14/h3-5,7-9H,6H2,1-2H3. The molecule has 0 saturated carbocycles. The third kappa shape index (κ3) is 2.98. The molecule has 1 aromatic carbocycles. The topological polar surface area (TPSA) is 27.1 Å². The molecule has 1 heterocycles. The molecule has 5 heteroatoms. The smallest absolute Gasteiger partial charge is 0.158 e. The van der Waals surface area contributed by atoms with Crippen molar-refractivity contribution < 1.29 is 4.74 Å². The molecule has 0 radical (unpaired) electrons. The summed E-state index contributed by atoms with van der Waals surface area (Å²) >= 11 is 11.9. The maximum Gasteiger partial charge on any atom is 0.158 e. The van der Waals surface area contributed by atoms with Crippen LogP contribution in [0.3, 0.4) is 0 Å². The third-order valence-corrected chi connectivity index (χ3v) is 2.89. The van der Waals surface area contributed by atoms with Crippen LogP contribution in [0.1, 0.15) is 19.4 Å². The average Bonchev–Trinajstić information content (AvgIpc) is 2.76. The van der Waals surface area contributed by atoms with E-state index in [1.165, 1.54) is 0 Å². The molecule has 1 aromatic heterocycles. The van der Waals surface area contributed by atoms with Crippen LogP contribution in [-0.4, -0.2) is 15.9 Å². The normalized spacial score (nSPS) is 10.9. The lowest BCUT2D eigenvalue weighted by Gasteiger charge is -2.08. The predicted octanol–water partition coefficient (Wildman–Crippen LogP) is 4.05. The number of nitrogens with zero attached hydrogens (tertiary/aromatic N) is 2. The molecule has 2 aromatic rings. The summed E-state index contributed by atoms with van der Waals surface area (Å²) in [5.74, 6) is 1.12. The van der Waals surface area contributed by atoms with Crippen molar-refractivity contribution in [1.82, 2.24) is 9.78 Å². The van der Waals surface area contributed by atoms with Crippen LogP contribution in [0.25, 0.3) is 5.69 Å². The van der Waals surface area contributed by atoms with Crippen LogP contribution < -0.4 is 4.74 Å². The van der Waals surface area contributed by atoms with Gasteiger partial charge in [-0.15, -0.1) is 11.6 Å². The maximum atomic E-state index is 5.94. The minimum atomic E-state index is 0.125. The van der Waals surface area contributed by atoms with Crippen LogP contribution in [0, 0.1) is 0 Å². The van der Waals surface area contributed by atoms with Gasteiger partial charge in [-0.2, -0.15) is 5.10 Å².